The van der Waals surface area contributed by atoms with Crippen molar-refractivity contribution in [3.05, 3.63) is 29.8 Å². The SMILES string of the molecule is COCC1(C(=O)O)CCCN1CC(=O)N(C)Cc1ccc(OC)cc1. The molecular weight excluding hydrogens is 324 g/mol. The second kappa shape index (κ2) is 8.31. The van der Waals surface area contributed by atoms with Crippen LogP contribution < -0.4 is 4.74 Å². The first-order valence-electron chi connectivity index (χ1n) is 8.27. The van der Waals surface area contributed by atoms with E-state index in [0.717, 1.165) is 17.7 Å². The zero-order valence-corrected chi connectivity index (χ0v) is 15.0. The molecule has 0 bridgehead atoms. The van der Waals surface area contributed by atoms with Crippen molar-refractivity contribution in [2.75, 3.05) is 41.0 Å². The molecule has 1 saturated heterocycles. The molecule has 138 valence electrons. The van der Waals surface area contributed by atoms with Gasteiger partial charge in [-0.05, 0) is 37.1 Å². The normalized spacial score (nSPS) is 20.4. The number of carboxylic acid groups (broad SMARTS) is 1. The number of hydrogen-bond acceptors (Lipinski definition) is 5. The van der Waals surface area contributed by atoms with Crippen LogP contribution >= 0.6 is 0 Å². The van der Waals surface area contributed by atoms with Crippen LogP contribution in [0.2, 0.25) is 0 Å². The Bertz CT molecular complexity index is 604. The van der Waals surface area contributed by atoms with Gasteiger partial charge in [0.15, 0.2) is 0 Å². The molecule has 1 aromatic carbocycles. The Morgan fingerprint density at radius 1 is 1.28 bits per heavy atom. The van der Waals surface area contributed by atoms with Gasteiger partial charge in [0.05, 0.1) is 20.3 Å². The highest BCUT2D eigenvalue weighted by atomic mass is 16.5. The molecule has 7 nitrogen and oxygen atoms in total. The summed E-state index contributed by atoms with van der Waals surface area (Å²) in [5.74, 6) is -0.280. The molecule has 1 aliphatic rings. The Labute approximate surface area is 148 Å². The van der Waals surface area contributed by atoms with E-state index in [9.17, 15) is 14.7 Å². The molecule has 1 heterocycles. The fraction of sp³-hybridized carbons (Fsp3) is 0.556. The maximum Gasteiger partial charge on any atom is 0.326 e. The van der Waals surface area contributed by atoms with Gasteiger partial charge in [0.2, 0.25) is 5.91 Å². The smallest absolute Gasteiger partial charge is 0.326 e. The number of likely N-dealkylation sites (tertiary alicyclic amines) is 1. The van der Waals surface area contributed by atoms with Gasteiger partial charge in [0.1, 0.15) is 11.3 Å². The van der Waals surface area contributed by atoms with Gasteiger partial charge in [-0.25, -0.2) is 0 Å². The Morgan fingerprint density at radius 2 is 1.96 bits per heavy atom. The molecule has 1 fully saturated rings. The van der Waals surface area contributed by atoms with E-state index in [4.69, 9.17) is 9.47 Å². The van der Waals surface area contributed by atoms with E-state index >= 15 is 0 Å². The van der Waals surface area contributed by atoms with Crippen LogP contribution in [0.15, 0.2) is 24.3 Å². The number of nitrogens with zero attached hydrogens (tertiary/aromatic N) is 2. The van der Waals surface area contributed by atoms with Gasteiger partial charge in [0.25, 0.3) is 0 Å². The summed E-state index contributed by atoms with van der Waals surface area (Å²) < 4.78 is 10.2. The van der Waals surface area contributed by atoms with Crippen molar-refractivity contribution in [2.24, 2.45) is 0 Å². The van der Waals surface area contributed by atoms with Crippen molar-refractivity contribution in [1.29, 1.82) is 0 Å². The zero-order valence-electron chi connectivity index (χ0n) is 15.0. The number of benzene rings is 1. The molecule has 1 aliphatic heterocycles. The second-order valence-electron chi connectivity index (χ2n) is 6.39. The van der Waals surface area contributed by atoms with Crippen LogP contribution in [-0.2, 0) is 20.9 Å². The van der Waals surface area contributed by atoms with Gasteiger partial charge in [-0.3, -0.25) is 14.5 Å². The van der Waals surface area contributed by atoms with Gasteiger partial charge < -0.3 is 19.5 Å². The first-order valence-corrected chi connectivity index (χ1v) is 8.27. The molecule has 0 aliphatic carbocycles. The van der Waals surface area contributed by atoms with Crippen LogP contribution in [0.4, 0.5) is 0 Å². The van der Waals surface area contributed by atoms with E-state index < -0.39 is 11.5 Å². The molecule has 1 atom stereocenters. The van der Waals surface area contributed by atoms with Crippen molar-refractivity contribution in [3.8, 4) is 5.75 Å². The lowest BCUT2D eigenvalue weighted by Crippen LogP contribution is -2.56. The van der Waals surface area contributed by atoms with Gasteiger partial charge in [0, 0.05) is 20.7 Å². The molecule has 7 heteroatoms. The van der Waals surface area contributed by atoms with Crippen LogP contribution in [0.1, 0.15) is 18.4 Å². The Kier molecular flexibility index (Phi) is 6.39. The predicted octanol–water partition coefficient (Wildman–Crippen LogP) is 1.22. The third kappa shape index (κ3) is 4.29. The number of rotatable bonds is 8. The minimum Gasteiger partial charge on any atom is -0.497 e. The lowest BCUT2D eigenvalue weighted by molar-refractivity contribution is -0.154. The summed E-state index contributed by atoms with van der Waals surface area (Å²) in [7, 11) is 4.82. The molecule has 0 radical (unpaired) electrons. The first kappa shape index (κ1) is 19.2. The zero-order chi connectivity index (χ0) is 18.4. The van der Waals surface area contributed by atoms with Crippen molar-refractivity contribution >= 4 is 11.9 Å². The summed E-state index contributed by atoms with van der Waals surface area (Å²) in [6.45, 7) is 1.19. The summed E-state index contributed by atoms with van der Waals surface area (Å²) in [5, 5.41) is 9.64. The standard InChI is InChI=1S/C18H26N2O5/c1-19(11-14-5-7-15(25-3)8-6-14)16(21)12-20-10-4-9-18(20,13-24-2)17(22)23/h5-8H,4,9-13H2,1-3H3,(H,22,23). The monoisotopic (exact) mass is 350 g/mol. The molecule has 0 spiro atoms. The maximum atomic E-state index is 12.6. The summed E-state index contributed by atoms with van der Waals surface area (Å²) in [5.41, 5.74) is -0.120. The Balaban J connectivity index is 2.00. The van der Waals surface area contributed by atoms with Crippen molar-refractivity contribution < 1.29 is 24.2 Å². The van der Waals surface area contributed by atoms with Crippen LogP contribution in [0, 0.1) is 0 Å². The van der Waals surface area contributed by atoms with E-state index in [0.29, 0.717) is 19.5 Å². The third-order valence-electron chi connectivity index (χ3n) is 4.74. The molecule has 0 aromatic heterocycles. The number of carboxylic acids is 1. The number of ether oxygens (including phenoxy) is 2. The van der Waals surface area contributed by atoms with E-state index in [1.165, 1.54) is 7.11 Å². The fourth-order valence-corrected chi connectivity index (χ4v) is 3.25. The number of carbonyl (C=O) groups excluding carboxylic acids is 1. The third-order valence-corrected chi connectivity index (χ3v) is 4.74. The first-order chi connectivity index (χ1) is 11.9. The van der Waals surface area contributed by atoms with Crippen molar-refractivity contribution in [1.82, 2.24) is 9.80 Å². The molecular formula is C18H26N2O5. The predicted molar refractivity (Wildman–Crippen MR) is 92.5 cm³/mol. The number of amides is 1. The Hall–Kier alpha value is -2.12. The van der Waals surface area contributed by atoms with E-state index in [2.05, 4.69) is 0 Å². The number of aliphatic carboxylic acids is 1. The minimum atomic E-state index is -1.11. The van der Waals surface area contributed by atoms with Crippen LogP contribution in [0.25, 0.3) is 0 Å². The lowest BCUT2D eigenvalue weighted by atomic mass is 9.97. The topological polar surface area (TPSA) is 79.3 Å². The highest BCUT2D eigenvalue weighted by Gasteiger charge is 2.48. The van der Waals surface area contributed by atoms with Gasteiger partial charge >= 0.3 is 5.97 Å². The number of likely N-dealkylation sites (N-methyl/N-ethyl adjacent to an activating group) is 1. The quantitative estimate of drug-likeness (QED) is 0.759. The van der Waals surface area contributed by atoms with Crippen molar-refractivity contribution in [2.45, 2.75) is 24.9 Å². The van der Waals surface area contributed by atoms with Crippen molar-refractivity contribution in [3.63, 3.8) is 0 Å². The molecule has 1 N–H and O–H groups in total. The van der Waals surface area contributed by atoms with E-state index in [-0.39, 0.29) is 19.1 Å². The summed E-state index contributed by atoms with van der Waals surface area (Å²) in [6.07, 6.45) is 1.23. The summed E-state index contributed by atoms with van der Waals surface area (Å²) in [6, 6.07) is 7.51. The van der Waals surface area contributed by atoms with Crippen LogP contribution in [0.5, 0.6) is 5.75 Å². The molecule has 1 amide bonds. The molecule has 0 saturated carbocycles. The van der Waals surface area contributed by atoms with E-state index in [1.54, 1.807) is 24.0 Å². The lowest BCUT2D eigenvalue weighted by Gasteiger charge is -2.34. The Morgan fingerprint density at radius 3 is 2.52 bits per heavy atom. The summed E-state index contributed by atoms with van der Waals surface area (Å²) in [4.78, 5) is 27.7. The highest BCUT2D eigenvalue weighted by molar-refractivity contribution is 5.82. The van der Waals surface area contributed by atoms with Gasteiger partial charge in [-0.1, -0.05) is 12.1 Å². The number of hydrogen-bond donors (Lipinski definition) is 1. The highest BCUT2D eigenvalue weighted by Crippen LogP contribution is 2.30. The van der Waals surface area contributed by atoms with Crippen LogP contribution in [0.3, 0.4) is 0 Å². The second-order valence-corrected chi connectivity index (χ2v) is 6.39. The summed E-state index contributed by atoms with van der Waals surface area (Å²) >= 11 is 0. The molecule has 2 rings (SSSR count). The average molecular weight is 350 g/mol. The minimum absolute atomic E-state index is 0.0717. The van der Waals surface area contributed by atoms with Crippen LogP contribution in [-0.4, -0.2) is 73.3 Å². The van der Waals surface area contributed by atoms with Gasteiger partial charge in [-0.2, -0.15) is 0 Å². The maximum absolute atomic E-state index is 12.6. The van der Waals surface area contributed by atoms with Gasteiger partial charge in [-0.15, -0.1) is 0 Å². The molecule has 1 unspecified atom stereocenters. The fourth-order valence-electron chi connectivity index (χ4n) is 3.25. The average Bonchev–Trinajstić information content (AvgIpc) is 2.99. The largest absolute Gasteiger partial charge is 0.497 e. The van der Waals surface area contributed by atoms with E-state index in [1.807, 2.05) is 24.3 Å². The molecule has 1 aromatic rings. The molecule has 25 heavy (non-hydrogen) atoms. The number of carbonyl (C=O) groups is 2. The number of methoxy groups -OCH3 is 2.